The van der Waals surface area contributed by atoms with Gasteiger partial charge in [0.1, 0.15) is 0 Å². The normalized spacial score (nSPS) is 9.33. The number of hydrogen-bond donors (Lipinski definition) is 0. The van der Waals surface area contributed by atoms with Crippen LogP contribution in [0.3, 0.4) is 0 Å². The van der Waals surface area contributed by atoms with Crippen LogP contribution in [0.5, 0.6) is 0 Å². The summed E-state index contributed by atoms with van der Waals surface area (Å²) < 4.78 is 0. The second-order valence-electron chi connectivity index (χ2n) is 2.48. The second kappa shape index (κ2) is 4.74. The molecule has 0 aromatic carbocycles. The molecule has 0 fully saturated rings. The van der Waals surface area contributed by atoms with Crippen molar-refractivity contribution in [1.82, 2.24) is 4.98 Å². The zero-order valence-electron chi connectivity index (χ0n) is 6.63. The van der Waals surface area contributed by atoms with Crippen molar-refractivity contribution in [1.29, 1.82) is 5.26 Å². The first kappa shape index (κ1) is 9.02. The largest absolute Gasteiger partial charge is 0.261 e. The summed E-state index contributed by atoms with van der Waals surface area (Å²) in [5, 5.41) is 9.01. The van der Waals surface area contributed by atoms with Crippen molar-refractivity contribution in [3.63, 3.8) is 0 Å². The molecule has 0 unspecified atom stereocenters. The molecule has 0 aliphatic carbocycles. The Bertz CT molecular complexity index is 291. The van der Waals surface area contributed by atoms with E-state index >= 15 is 0 Å². The van der Waals surface area contributed by atoms with Gasteiger partial charge < -0.3 is 0 Å². The van der Waals surface area contributed by atoms with Crippen LogP contribution in [0.4, 0.5) is 0 Å². The zero-order chi connectivity index (χ0) is 8.81. The number of aromatic nitrogens is 1. The molecule has 0 saturated carbocycles. The molecule has 0 radical (unpaired) electrons. The average molecular weight is 181 g/mol. The average Bonchev–Trinajstić information content (AvgIpc) is 2.05. The minimum Gasteiger partial charge on any atom is -0.261 e. The molecule has 0 bridgehead atoms. The fourth-order valence-electron chi connectivity index (χ4n) is 0.934. The Morgan fingerprint density at radius 1 is 1.58 bits per heavy atom. The minimum atomic E-state index is 0.578. The summed E-state index contributed by atoms with van der Waals surface area (Å²) in [5.41, 5.74) is 0.956. The van der Waals surface area contributed by atoms with E-state index in [2.05, 4.69) is 11.1 Å². The molecule has 62 valence electrons. The Hall–Kier alpha value is -1.07. The number of halogens is 1. The van der Waals surface area contributed by atoms with Gasteiger partial charge in [-0.1, -0.05) is 11.6 Å². The molecule has 0 aliphatic rings. The molecular weight excluding hydrogens is 172 g/mol. The third kappa shape index (κ3) is 2.89. The summed E-state index contributed by atoms with van der Waals surface area (Å²) in [5.74, 6) is 0. The molecule has 0 N–H and O–H groups in total. The van der Waals surface area contributed by atoms with Gasteiger partial charge in [0.15, 0.2) is 0 Å². The highest BCUT2D eigenvalue weighted by Crippen LogP contribution is 2.09. The Balaban J connectivity index is 2.48. The van der Waals surface area contributed by atoms with E-state index in [4.69, 9.17) is 16.9 Å². The van der Waals surface area contributed by atoms with Crippen LogP contribution in [0.15, 0.2) is 18.3 Å². The quantitative estimate of drug-likeness (QED) is 0.671. The third-order valence-corrected chi connectivity index (χ3v) is 1.74. The topological polar surface area (TPSA) is 36.7 Å². The van der Waals surface area contributed by atoms with Crippen LogP contribution < -0.4 is 0 Å². The van der Waals surface area contributed by atoms with E-state index in [0.29, 0.717) is 11.4 Å². The van der Waals surface area contributed by atoms with Gasteiger partial charge in [-0.2, -0.15) is 5.26 Å². The number of pyridine rings is 1. The molecule has 1 aromatic heterocycles. The molecule has 2 nitrogen and oxygen atoms in total. The van der Waals surface area contributed by atoms with Crippen molar-refractivity contribution in [3.8, 4) is 6.07 Å². The number of nitrogens with zero attached hydrogens (tertiary/aromatic N) is 2. The molecule has 0 spiro atoms. The standard InChI is InChI=1S/C9H9ClN2/c10-8-4-6-12-9(7-8)3-1-2-5-11/h4,6-7H,1-3H2. The fourth-order valence-corrected chi connectivity index (χ4v) is 1.12. The maximum absolute atomic E-state index is 8.30. The van der Waals surface area contributed by atoms with Gasteiger partial charge in [0.25, 0.3) is 0 Å². The van der Waals surface area contributed by atoms with Crippen molar-refractivity contribution in [2.75, 3.05) is 0 Å². The lowest BCUT2D eigenvalue weighted by Gasteiger charge is -1.97. The molecule has 3 heteroatoms. The first-order valence-corrected chi connectivity index (χ1v) is 4.18. The summed E-state index contributed by atoms with van der Waals surface area (Å²) >= 11 is 5.75. The monoisotopic (exact) mass is 180 g/mol. The van der Waals surface area contributed by atoms with Gasteiger partial charge in [0.2, 0.25) is 0 Å². The predicted molar refractivity (Wildman–Crippen MR) is 47.8 cm³/mol. The number of aryl methyl sites for hydroxylation is 1. The first-order chi connectivity index (χ1) is 5.83. The molecule has 12 heavy (non-hydrogen) atoms. The maximum atomic E-state index is 8.30. The van der Waals surface area contributed by atoms with E-state index in [-0.39, 0.29) is 0 Å². The van der Waals surface area contributed by atoms with Gasteiger partial charge in [0, 0.05) is 23.3 Å². The maximum Gasteiger partial charge on any atom is 0.0621 e. The van der Waals surface area contributed by atoms with Crippen molar-refractivity contribution in [3.05, 3.63) is 29.0 Å². The summed E-state index contributed by atoms with van der Waals surface area (Å²) in [7, 11) is 0. The van der Waals surface area contributed by atoms with E-state index in [1.807, 2.05) is 6.07 Å². The van der Waals surface area contributed by atoms with E-state index in [1.54, 1.807) is 12.3 Å². The van der Waals surface area contributed by atoms with Gasteiger partial charge in [-0.3, -0.25) is 4.98 Å². The van der Waals surface area contributed by atoms with Crippen molar-refractivity contribution >= 4 is 11.6 Å². The van der Waals surface area contributed by atoms with Crippen LogP contribution in [0.1, 0.15) is 18.5 Å². The van der Waals surface area contributed by atoms with Gasteiger partial charge in [-0.05, 0) is 25.0 Å². The molecule has 0 aliphatic heterocycles. The summed E-state index contributed by atoms with van der Waals surface area (Å²) in [6.45, 7) is 0. The highest BCUT2D eigenvalue weighted by atomic mass is 35.5. The SMILES string of the molecule is N#CCCCc1cc(Cl)ccn1. The number of rotatable bonds is 3. The summed E-state index contributed by atoms with van der Waals surface area (Å²) in [6, 6.07) is 5.67. The van der Waals surface area contributed by atoms with Crippen molar-refractivity contribution < 1.29 is 0 Å². The Morgan fingerprint density at radius 2 is 2.42 bits per heavy atom. The molecule has 1 aromatic rings. The second-order valence-corrected chi connectivity index (χ2v) is 2.91. The first-order valence-electron chi connectivity index (χ1n) is 3.80. The smallest absolute Gasteiger partial charge is 0.0621 e. The van der Waals surface area contributed by atoms with Crippen LogP contribution in [-0.4, -0.2) is 4.98 Å². The van der Waals surface area contributed by atoms with Crippen molar-refractivity contribution in [2.45, 2.75) is 19.3 Å². The zero-order valence-corrected chi connectivity index (χ0v) is 7.38. The Labute approximate surface area is 76.8 Å². The lowest BCUT2D eigenvalue weighted by molar-refractivity contribution is 0.825. The lowest BCUT2D eigenvalue weighted by atomic mass is 10.2. The highest BCUT2D eigenvalue weighted by Gasteiger charge is 1.94. The number of nitriles is 1. The molecule has 0 amide bonds. The summed E-state index contributed by atoms with van der Waals surface area (Å²) in [4.78, 5) is 4.12. The van der Waals surface area contributed by atoms with E-state index < -0.39 is 0 Å². The number of hydrogen-bond acceptors (Lipinski definition) is 2. The van der Waals surface area contributed by atoms with E-state index in [1.165, 1.54) is 0 Å². The minimum absolute atomic E-state index is 0.578. The van der Waals surface area contributed by atoms with Gasteiger partial charge in [0.05, 0.1) is 6.07 Å². The van der Waals surface area contributed by atoms with Crippen LogP contribution in [-0.2, 0) is 6.42 Å². The van der Waals surface area contributed by atoms with Gasteiger partial charge >= 0.3 is 0 Å². The predicted octanol–water partition coefficient (Wildman–Crippen LogP) is 2.58. The van der Waals surface area contributed by atoms with Gasteiger partial charge in [-0.15, -0.1) is 0 Å². The number of unbranched alkanes of at least 4 members (excludes halogenated alkanes) is 1. The van der Waals surface area contributed by atoms with E-state index in [0.717, 1.165) is 18.5 Å². The van der Waals surface area contributed by atoms with Crippen LogP contribution in [0.2, 0.25) is 5.02 Å². The Kier molecular flexibility index (Phi) is 3.56. The lowest BCUT2D eigenvalue weighted by Crippen LogP contribution is -1.88. The van der Waals surface area contributed by atoms with Gasteiger partial charge in [-0.25, -0.2) is 0 Å². The highest BCUT2D eigenvalue weighted by molar-refractivity contribution is 6.30. The fraction of sp³-hybridized carbons (Fsp3) is 0.333. The van der Waals surface area contributed by atoms with Crippen LogP contribution in [0, 0.1) is 11.3 Å². The molecule has 1 rings (SSSR count). The van der Waals surface area contributed by atoms with E-state index in [9.17, 15) is 0 Å². The third-order valence-electron chi connectivity index (χ3n) is 1.50. The van der Waals surface area contributed by atoms with Crippen LogP contribution >= 0.6 is 11.6 Å². The molecule has 0 saturated heterocycles. The molecule has 1 heterocycles. The molecular formula is C9H9ClN2. The molecule has 0 atom stereocenters. The summed E-state index contributed by atoms with van der Waals surface area (Å²) in [6.07, 6.45) is 3.94. The van der Waals surface area contributed by atoms with Crippen molar-refractivity contribution in [2.24, 2.45) is 0 Å². The van der Waals surface area contributed by atoms with Crippen LogP contribution in [0.25, 0.3) is 0 Å². The Morgan fingerprint density at radius 3 is 3.08 bits per heavy atom.